The third-order valence-electron chi connectivity index (χ3n) is 4.31. The average Bonchev–Trinajstić information content (AvgIpc) is 2.53. The molecule has 0 heterocycles. The molecular formula is C21H28. The second-order valence-corrected chi connectivity index (χ2v) is 6.22. The van der Waals surface area contributed by atoms with Crippen LogP contribution in [0.25, 0.3) is 0 Å². The predicted molar refractivity (Wildman–Crippen MR) is 92.7 cm³/mol. The second-order valence-electron chi connectivity index (χ2n) is 6.22. The van der Waals surface area contributed by atoms with E-state index in [1.807, 2.05) is 0 Å². The maximum absolute atomic E-state index is 2.40. The third kappa shape index (κ3) is 5.38. The standard InChI is InChI=1S/C21H28/c1-3-4-10-18(2)15-16-20-13-8-9-14-21(20)17-19-11-6-5-7-12-19/h5-9,11-14,18H,3-4,10,15-17H2,1-2H3. The van der Waals surface area contributed by atoms with Crippen molar-refractivity contribution in [1.29, 1.82) is 0 Å². The molecule has 0 radical (unpaired) electrons. The van der Waals surface area contributed by atoms with Gasteiger partial charge in [-0.05, 0) is 41.9 Å². The van der Waals surface area contributed by atoms with Crippen LogP contribution in [-0.4, -0.2) is 0 Å². The van der Waals surface area contributed by atoms with Crippen molar-refractivity contribution in [3.05, 3.63) is 71.3 Å². The Labute approximate surface area is 130 Å². The van der Waals surface area contributed by atoms with Gasteiger partial charge in [0.2, 0.25) is 0 Å². The minimum Gasteiger partial charge on any atom is -0.0654 e. The largest absolute Gasteiger partial charge is 0.0654 e. The molecule has 0 aliphatic rings. The zero-order valence-corrected chi connectivity index (χ0v) is 13.5. The predicted octanol–water partition coefficient (Wildman–Crippen LogP) is 6.04. The number of hydrogen-bond donors (Lipinski definition) is 0. The highest BCUT2D eigenvalue weighted by Crippen LogP contribution is 2.20. The van der Waals surface area contributed by atoms with Gasteiger partial charge >= 0.3 is 0 Å². The van der Waals surface area contributed by atoms with Crippen LogP contribution in [0.1, 0.15) is 56.2 Å². The molecule has 0 heteroatoms. The highest BCUT2D eigenvalue weighted by Gasteiger charge is 2.06. The van der Waals surface area contributed by atoms with Crippen LogP contribution in [-0.2, 0) is 12.8 Å². The zero-order valence-electron chi connectivity index (χ0n) is 13.5. The summed E-state index contributed by atoms with van der Waals surface area (Å²) in [4.78, 5) is 0. The lowest BCUT2D eigenvalue weighted by Gasteiger charge is -2.13. The average molecular weight is 280 g/mol. The topological polar surface area (TPSA) is 0 Å². The van der Waals surface area contributed by atoms with Crippen LogP contribution in [0, 0.1) is 5.92 Å². The van der Waals surface area contributed by atoms with E-state index in [0.717, 1.165) is 12.3 Å². The first-order valence-electron chi connectivity index (χ1n) is 8.40. The van der Waals surface area contributed by atoms with Crippen molar-refractivity contribution < 1.29 is 0 Å². The number of benzene rings is 2. The highest BCUT2D eigenvalue weighted by molar-refractivity contribution is 5.32. The van der Waals surface area contributed by atoms with Crippen molar-refractivity contribution >= 4 is 0 Å². The Kier molecular flexibility index (Phi) is 6.53. The molecule has 1 unspecified atom stereocenters. The van der Waals surface area contributed by atoms with Crippen LogP contribution in [0.2, 0.25) is 0 Å². The maximum atomic E-state index is 2.40. The molecule has 1 atom stereocenters. The Morgan fingerprint density at radius 1 is 0.810 bits per heavy atom. The molecule has 0 saturated carbocycles. The fraction of sp³-hybridized carbons (Fsp3) is 0.429. The van der Waals surface area contributed by atoms with E-state index < -0.39 is 0 Å². The normalized spacial score (nSPS) is 12.3. The highest BCUT2D eigenvalue weighted by atomic mass is 14.1. The molecule has 0 spiro atoms. The molecule has 0 aromatic heterocycles. The molecule has 0 aliphatic carbocycles. The fourth-order valence-electron chi connectivity index (χ4n) is 2.89. The van der Waals surface area contributed by atoms with E-state index in [-0.39, 0.29) is 0 Å². The summed E-state index contributed by atoms with van der Waals surface area (Å²) in [7, 11) is 0. The van der Waals surface area contributed by atoms with E-state index in [4.69, 9.17) is 0 Å². The van der Waals surface area contributed by atoms with Crippen LogP contribution >= 0.6 is 0 Å². The van der Waals surface area contributed by atoms with Crippen molar-refractivity contribution in [2.24, 2.45) is 5.92 Å². The molecule has 21 heavy (non-hydrogen) atoms. The molecule has 0 bridgehead atoms. The molecule has 0 saturated heterocycles. The molecule has 2 aromatic carbocycles. The van der Waals surface area contributed by atoms with E-state index in [9.17, 15) is 0 Å². The lowest BCUT2D eigenvalue weighted by molar-refractivity contribution is 0.471. The van der Waals surface area contributed by atoms with E-state index in [1.165, 1.54) is 48.8 Å². The van der Waals surface area contributed by atoms with Crippen molar-refractivity contribution in [2.45, 2.75) is 52.4 Å². The molecule has 2 rings (SSSR count). The van der Waals surface area contributed by atoms with Gasteiger partial charge in [-0.15, -0.1) is 0 Å². The van der Waals surface area contributed by atoms with Gasteiger partial charge in [-0.1, -0.05) is 87.7 Å². The van der Waals surface area contributed by atoms with E-state index >= 15 is 0 Å². The van der Waals surface area contributed by atoms with Crippen LogP contribution in [0.5, 0.6) is 0 Å². The molecule has 0 N–H and O–H groups in total. The molecule has 2 aromatic rings. The quantitative estimate of drug-likeness (QED) is 0.553. The first-order valence-corrected chi connectivity index (χ1v) is 8.40. The summed E-state index contributed by atoms with van der Waals surface area (Å²) >= 11 is 0. The first-order chi connectivity index (χ1) is 10.3. The van der Waals surface area contributed by atoms with Crippen LogP contribution < -0.4 is 0 Å². The first kappa shape index (κ1) is 15.8. The number of hydrogen-bond acceptors (Lipinski definition) is 0. The third-order valence-corrected chi connectivity index (χ3v) is 4.31. The summed E-state index contributed by atoms with van der Waals surface area (Å²) in [5.41, 5.74) is 4.43. The van der Waals surface area contributed by atoms with Crippen molar-refractivity contribution in [1.82, 2.24) is 0 Å². The summed E-state index contributed by atoms with van der Waals surface area (Å²) in [5.74, 6) is 0.842. The Hall–Kier alpha value is -1.56. The number of rotatable bonds is 8. The summed E-state index contributed by atoms with van der Waals surface area (Å²) in [5, 5.41) is 0. The van der Waals surface area contributed by atoms with Gasteiger partial charge < -0.3 is 0 Å². The molecule has 0 aliphatic heterocycles. The molecule has 112 valence electrons. The van der Waals surface area contributed by atoms with Gasteiger partial charge in [-0.2, -0.15) is 0 Å². The van der Waals surface area contributed by atoms with Gasteiger partial charge in [-0.25, -0.2) is 0 Å². The van der Waals surface area contributed by atoms with E-state index in [0.29, 0.717) is 0 Å². The van der Waals surface area contributed by atoms with Gasteiger partial charge in [0.15, 0.2) is 0 Å². The minimum atomic E-state index is 0.842. The van der Waals surface area contributed by atoms with Crippen LogP contribution in [0.3, 0.4) is 0 Å². The summed E-state index contributed by atoms with van der Waals surface area (Å²) in [6.45, 7) is 4.68. The van der Waals surface area contributed by atoms with Crippen molar-refractivity contribution in [2.75, 3.05) is 0 Å². The molecule has 0 fully saturated rings. The van der Waals surface area contributed by atoms with Gasteiger partial charge in [0.05, 0.1) is 0 Å². The van der Waals surface area contributed by atoms with E-state index in [1.54, 1.807) is 0 Å². The number of aryl methyl sites for hydroxylation is 1. The molecule has 0 amide bonds. The Balaban J connectivity index is 1.97. The fourth-order valence-corrected chi connectivity index (χ4v) is 2.89. The van der Waals surface area contributed by atoms with Crippen molar-refractivity contribution in [3.63, 3.8) is 0 Å². The molecular weight excluding hydrogens is 252 g/mol. The van der Waals surface area contributed by atoms with E-state index in [2.05, 4.69) is 68.4 Å². The summed E-state index contributed by atoms with van der Waals surface area (Å²) in [6, 6.07) is 19.7. The minimum absolute atomic E-state index is 0.842. The second kappa shape index (κ2) is 8.67. The van der Waals surface area contributed by atoms with Gasteiger partial charge in [0.1, 0.15) is 0 Å². The van der Waals surface area contributed by atoms with Crippen molar-refractivity contribution in [3.8, 4) is 0 Å². The lowest BCUT2D eigenvalue weighted by Crippen LogP contribution is -2.01. The monoisotopic (exact) mass is 280 g/mol. The maximum Gasteiger partial charge on any atom is -0.00230 e. The zero-order chi connectivity index (χ0) is 14.9. The van der Waals surface area contributed by atoms with Gasteiger partial charge in [0, 0.05) is 0 Å². The van der Waals surface area contributed by atoms with Crippen LogP contribution in [0.4, 0.5) is 0 Å². The Bertz CT molecular complexity index is 513. The molecule has 0 nitrogen and oxygen atoms in total. The van der Waals surface area contributed by atoms with Crippen LogP contribution in [0.15, 0.2) is 54.6 Å². The Morgan fingerprint density at radius 3 is 2.19 bits per heavy atom. The van der Waals surface area contributed by atoms with Gasteiger partial charge in [0.25, 0.3) is 0 Å². The SMILES string of the molecule is CCCCC(C)CCc1ccccc1Cc1ccccc1. The summed E-state index contributed by atoms with van der Waals surface area (Å²) < 4.78 is 0. The smallest absolute Gasteiger partial charge is 0.00230 e. The lowest BCUT2D eigenvalue weighted by atomic mass is 9.92. The summed E-state index contributed by atoms with van der Waals surface area (Å²) in [6.07, 6.45) is 7.64. The number of unbranched alkanes of at least 4 members (excludes halogenated alkanes) is 1. The Morgan fingerprint density at radius 2 is 1.48 bits per heavy atom. The van der Waals surface area contributed by atoms with Gasteiger partial charge in [-0.3, -0.25) is 0 Å².